The fraction of sp³-hybridized carbons (Fsp3) is 0.438. The van der Waals surface area contributed by atoms with E-state index in [1.807, 2.05) is 48.5 Å². The van der Waals surface area contributed by atoms with Crippen LogP contribution in [0.1, 0.15) is 31.9 Å². The third-order valence-corrected chi connectivity index (χ3v) is 12.7. The third-order valence-electron chi connectivity index (χ3n) is 7.17. The van der Waals surface area contributed by atoms with Crippen molar-refractivity contribution < 1.29 is 28.1 Å². The summed E-state index contributed by atoms with van der Waals surface area (Å²) in [4.78, 5) is 0. The molecule has 0 fully saturated rings. The first kappa shape index (κ1) is 32.4. The van der Waals surface area contributed by atoms with Crippen LogP contribution < -0.4 is 14.2 Å². The highest BCUT2D eigenvalue weighted by atomic mass is 127. The number of halogens is 1. The van der Waals surface area contributed by atoms with Gasteiger partial charge in [0.1, 0.15) is 29.5 Å². The first-order valence-electron chi connectivity index (χ1n) is 13.5. The molecule has 0 heterocycles. The Hall–Kier alpha value is -2.11. The highest BCUT2D eigenvalue weighted by molar-refractivity contribution is 14.1. The fourth-order valence-electron chi connectivity index (χ4n) is 3.79. The predicted molar refractivity (Wildman–Crippen MR) is 171 cm³/mol. The molecular formula is C32H43IO6Si. The second-order valence-corrected chi connectivity index (χ2v) is 17.1. The van der Waals surface area contributed by atoms with Crippen molar-refractivity contribution in [3.63, 3.8) is 0 Å². The van der Waals surface area contributed by atoms with Gasteiger partial charge in [-0.05, 0) is 51.9 Å². The van der Waals surface area contributed by atoms with Crippen LogP contribution in [0.25, 0.3) is 0 Å². The van der Waals surface area contributed by atoms with Gasteiger partial charge in [-0.2, -0.15) is 0 Å². The molecule has 218 valence electrons. The van der Waals surface area contributed by atoms with Crippen molar-refractivity contribution >= 4 is 30.9 Å². The Morgan fingerprint density at radius 2 is 1.23 bits per heavy atom. The van der Waals surface area contributed by atoms with E-state index in [4.69, 9.17) is 28.1 Å². The molecule has 0 aliphatic heterocycles. The Balaban J connectivity index is 1.91. The molecule has 0 radical (unpaired) electrons. The van der Waals surface area contributed by atoms with Crippen LogP contribution >= 0.6 is 22.6 Å². The fourth-order valence-corrected chi connectivity index (χ4v) is 5.78. The Bertz CT molecular complexity index is 1170. The third kappa shape index (κ3) is 9.48. The average molecular weight is 679 g/mol. The van der Waals surface area contributed by atoms with Crippen molar-refractivity contribution in [1.29, 1.82) is 0 Å². The molecule has 0 spiro atoms. The molecule has 3 aromatic rings. The molecule has 40 heavy (non-hydrogen) atoms. The van der Waals surface area contributed by atoms with E-state index in [0.29, 0.717) is 43.7 Å². The molecule has 0 N–H and O–H groups in total. The van der Waals surface area contributed by atoms with Crippen LogP contribution in [0.5, 0.6) is 17.2 Å². The van der Waals surface area contributed by atoms with Crippen molar-refractivity contribution in [3.8, 4) is 17.2 Å². The second-order valence-electron chi connectivity index (χ2n) is 11.2. The monoisotopic (exact) mass is 678 g/mol. The van der Waals surface area contributed by atoms with Gasteiger partial charge in [-0.3, -0.25) is 0 Å². The van der Waals surface area contributed by atoms with Crippen molar-refractivity contribution in [2.45, 2.75) is 64.3 Å². The lowest BCUT2D eigenvalue weighted by Gasteiger charge is -2.41. The summed E-state index contributed by atoms with van der Waals surface area (Å²) in [6.07, 6.45) is -0.813. The van der Waals surface area contributed by atoms with Gasteiger partial charge in [0.05, 0.1) is 44.2 Å². The molecule has 8 heteroatoms. The van der Waals surface area contributed by atoms with E-state index in [1.165, 1.54) is 0 Å². The zero-order chi connectivity index (χ0) is 29.2. The SMILES string of the molecule is COc1cc(OC)c(I)c(O[C@@H](COCc2ccccc2)[C@@H](COCc2ccccc2)O[Si](C)(C)C(C)(C)C)c1. The summed E-state index contributed by atoms with van der Waals surface area (Å²) in [6.45, 7) is 12.8. The van der Waals surface area contributed by atoms with Crippen molar-refractivity contribution in [2.75, 3.05) is 27.4 Å². The largest absolute Gasteiger partial charge is 0.496 e. The highest BCUT2D eigenvalue weighted by Gasteiger charge is 2.41. The number of hydrogen-bond acceptors (Lipinski definition) is 6. The summed E-state index contributed by atoms with van der Waals surface area (Å²) in [7, 11) is 1.08. The maximum Gasteiger partial charge on any atom is 0.192 e. The number of hydrogen-bond donors (Lipinski definition) is 0. The summed E-state index contributed by atoms with van der Waals surface area (Å²) in [5.41, 5.74) is 2.21. The summed E-state index contributed by atoms with van der Waals surface area (Å²) in [6, 6.07) is 24.0. The molecule has 0 saturated heterocycles. The first-order chi connectivity index (χ1) is 19.0. The smallest absolute Gasteiger partial charge is 0.192 e. The minimum atomic E-state index is -2.20. The summed E-state index contributed by atoms with van der Waals surface area (Å²) >= 11 is 2.25. The van der Waals surface area contributed by atoms with Gasteiger partial charge < -0.3 is 28.1 Å². The lowest BCUT2D eigenvalue weighted by Crippen LogP contribution is -2.51. The molecule has 0 saturated carbocycles. The lowest BCUT2D eigenvalue weighted by molar-refractivity contribution is -0.0597. The Labute approximate surface area is 254 Å². The van der Waals surface area contributed by atoms with Crippen LogP contribution in [0.3, 0.4) is 0 Å². The zero-order valence-corrected chi connectivity index (χ0v) is 27.9. The summed E-state index contributed by atoms with van der Waals surface area (Å²) in [5.74, 6) is 1.98. The topological polar surface area (TPSA) is 55.4 Å². The molecule has 0 aliphatic carbocycles. The van der Waals surface area contributed by atoms with Crippen molar-refractivity contribution in [1.82, 2.24) is 0 Å². The van der Waals surface area contributed by atoms with E-state index in [-0.39, 0.29) is 11.1 Å². The van der Waals surface area contributed by atoms with Crippen LogP contribution in [0, 0.1) is 3.57 Å². The predicted octanol–water partition coefficient (Wildman–Crippen LogP) is 7.88. The Morgan fingerprint density at radius 1 is 0.725 bits per heavy atom. The molecule has 3 aromatic carbocycles. The normalized spacial score (nSPS) is 13.5. The minimum Gasteiger partial charge on any atom is -0.496 e. The van der Waals surface area contributed by atoms with Gasteiger partial charge >= 0.3 is 0 Å². The Kier molecular flexibility index (Phi) is 12.3. The van der Waals surface area contributed by atoms with Crippen LogP contribution in [-0.2, 0) is 27.1 Å². The second kappa shape index (κ2) is 15.2. The van der Waals surface area contributed by atoms with Gasteiger partial charge in [-0.15, -0.1) is 0 Å². The van der Waals surface area contributed by atoms with Gasteiger partial charge in [0.15, 0.2) is 8.32 Å². The molecule has 0 aromatic heterocycles. The molecule has 0 unspecified atom stereocenters. The zero-order valence-electron chi connectivity index (χ0n) is 24.7. The number of rotatable bonds is 15. The van der Waals surface area contributed by atoms with Gasteiger partial charge in [-0.1, -0.05) is 81.4 Å². The standard InChI is InChI=1S/C32H43IO6Si/c1-32(2,3)40(6,7)39-30(23-37-21-25-16-12-9-13-17-25)29(22-36-20-24-14-10-8-11-15-24)38-28-19-26(34-4)18-27(35-5)31(28)33/h8-19,29-30H,20-23H2,1-7H3/t29-,30+/m0/s1. The van der Waals surface area contributed by atoms with Crippen molar-refractivity contribution in [3.05, 3.63) is 87.5 Å². The van der Waals surface area contributed by atoms with Gasteiger partial charge in [0, 0.05) is 12.1 Å². The van der Waals surface area contributed by atoms with Gasteiger partial charge in [0.25, 0.3) is 0 Å². The van der Waals surface area contributed by atoms with E-state index in [0.717, 1.165) is 14.7 Å². The van der Waals surface area contributed by atoms with Crippen LogP contribution in [-0.4, -0.2) is 48.0 Å². The number of benzene rings is 3. The van der Waals surface area contributed by atoms with E-state index in [2.05, 4.69) is 80.7 Å². The molecular weight excluding hydrogens is 635 g/mol. The van der Waals surface area contributed by atoms with Crippen LogP contribution in [0.4, 0.5) is 0 Å². The maximum atomic E-state index is 6.97. The van der Waals surface area contributed by atoms with Crippen molar-refractivity contribution in [2.24, 2.45) is 0 Å². The average Bonchev–Trinajstić information content (AvgIpc) is 2.93. The molecule has 0 aliphatic rings. The van der Waals surface area contributed by atoms with Crippen LogP contribution in [0.15, 0.2) is 72.8 Å². The van der Waals surface area contributed by atoms with Crippen LogP contribution in [0.2, 0.25) is 18.1 Å². The van der Waals surface area contributed by atoms with Gasteiger partial charge in [-0.25, -0.2) is 0 Å². The van der Waals surface area contributed by atoms with E-state index < -0.39 is 14.4 Å². The van der Waals surface area contributed by atoms with E-state index >= 15 is 0 Å². The summed E-state index contributed by atoms with van der Waals surface area (Å²) in [5, 5.41) is 0.00768. The Morgan fingerprint density at radius 3 is 1.70 bits per heavy atom. The summed E-state index contributed by atoms with van der Waals surface area (Å²) < 4.78 is 38.2. The lowest BCUT2D eigenvalue weighted by atomic mass is 10.2. The minimum absolute atomic E-state index is 0.00768. The number of methoxy groups -OCH3 is 2. The van der Waals surface area contributed by atoms with E-state index in [1.54, 1.807) is 14.2 Å². The molecule has 2 atom stereocenters. The molecule has 6 nitrogen and oxygen atoms in total. The number of ether oxygens (including phenoxy) is 5. The highest BCUT2D eigenvalue weighted by Crippen LogP contribution is 2.39. The first-order valence-corrected chi connectivity index (χ1v) is 17.5. The van der Waals surface area contributed by atoms with E-state index in [9.17, 15) is 0 Å². The van der Waals surface area contributed by atoms with Gasteiger partial charge in [0.2, 0.25) is 0 Å². The maximum absolute atomic E-state index is 6.97. The molecule has 3 rings (SSSR count). The molecule has 0 amide bonds. The quantitative estimate of drug-likeness (QED) is 0.121. The molecule has 0 bridgehead atoms.